The highest BCUT2D eigenvalue weighted by Crippen LogP contribution is 2.41. The molecule has 0 bridgehead atoms. The Morgan fingerprint density at radius 2 is 1.83 bits per heavy atom. The first-order valence-corrected chi connectivity index (χ1v) is 17.0. The topological polar surface area (TPSA) is 102 Å². The highest BCUT2D eigenvalue weighted by atomic mass is 79.9. The number of nitrogens with one attached hydrogen (secondary N) is 3. The molecule has 1 saturated heterocycles. The number of aryl methyl sites for hydroxylation is 1. The molecule has 1 fully saturated rings. The lowest BCUT2D eigenvalue weighted by Gasteiger charge is -2.26. The van der Waals surface area contributed by atoms with Gasteiger partial charge in [0.15, 0.2) is 0 Å². The van der Waals surface area contributed by atoms with Gasteiger partial charge in [-0.25, -0.2) is 4.98 Å². The van der Waals surface area contributed by atoms with Crippen LogP contribution >= 0.6 is 23.9 Å². The van der Waals surface area contributed by atoms with Crippen molar-refractivity contribution < 1.29 is 4.74 Å². The highest BCUT2D eigenvalue weighted by molar-refractivity contribution is 9.10. The third-order valence-corrected chi connectivity index (χ3v) is 9.56. The Kier molecular flexibility index (Phi) is 8.38. The zero-order valence-electron chi connectivity index (χ0n) is 24.1. The van der Waals surface area contributed by atoms with Crippen molar-refractivity contribution in [1.82, 2.24) is 30.0 Å². The summed E-state index contributed by atoms with van der Waals surface area (Å²) in [5.74, 6) is 2.30. The molecule has 216 valence electrons. The number of methoxy groups -OCH3 is 1. The van der Waals surface area contributed by atoms with Crippen LogP contribution in [-0.4, -0.2) is 58.3 Å². The number of pyridine rings is 1. The minimum Gasteiger partial charge on any atom is -0.495 e. The number of hydrogen-bond acceptors (Lipinski definition) is 8. The highest BCUT2D eigenvalue weighted by Gasteiger charge is 2.23. The van der Waals surface area contributed by atoms with E-state index in [1.54, 1.807) is 13.3 Å². The molecule has 3 N–H and O–H groups in total. The third kappa shape index (κ3) is 5.84. The van der Waals surface area contributed by atoms with Crippen molar-refractivity contribution in [3.8, 4) is 16.9 Å². The molecule has 1 aliphatic rings. The molecule has 0 aliphatic carbocycles. The molecule has 0 amide bonds. The Hall–Kier alpha value is -3.59. The standard InChI is InChI=1S/C31H34BrN8OP/c1-40-18-20(15-36-40)22-13-26(28(41-2)14-23(22)19-9-11-33-12-10-19)38-31-35-16-24(32)30(39-31)37-27-17-34-25-8-6-5-7-21(25)29(27)42(3)4/h5-8,13-19,33H,9-12H2,1-4H3,(H2,35,37,38,39). The van der Waals surface area contributed by atoms with Crippen molar-refractivity contribution in [2.45, 2.75) is 18.8 Å². The second-order valence-electron chi connectivity index (χ2n) is 10.6. The normalized spacial score (nSPS) is 14.0. The lowest BCUT2D eigenvalue weighted by atomic mass is 9.85. The molecule has 11 heteroatoms. The molecule has 9 nitrogen and oxygen atoms in total. The summed E-state index contributed by atoms with van der Waals surface area (Å²) < 4.78 is 8.49. The molecule has 0 radical (unpaired) electrons. The quantitative estimate of drug-likeness (QED) is 0.164. The number of benzene rings is 2. The summed E-state index contributed by atoms with van der Waals surface area (Å²) in [6.07, 6.45) is 9.78. The maximum absolute atomic E-state index is 5.89. The maximum Gasteiger partial charge on any atom is 0.229 e. The molecule has 0 unspecified atom stereocenters. The summed E-state index contributed by atoms with van der Waals surface area (Å²) >= 11 is 3.64. The summed E-state index contributed by atoms with van der Waals surface area (Å²) in [5, 5.41) is 17.3. The Morgan fingerprint density at radius 3 is 2.57 bits per heavy atom. The lowest BCUT2D eigenvalue weighted by Crippen LogP contribution is -2.27. The van der Waals surface area contributed by atoms with Gasteiger partial charge in [0.2, 0.25) is 5.95 Å². The van der Waals surface area contributed by atoms with E-state index >= 15 is 0 Å². The minimum absolute atomic E-state index is 0.413. The molecule has 5 aromatic rings. The fourth-order valence-electron chi connectivity index (χ4n) is 5.61. The number of piperidine rings is 1. The minimum atomic E-state index is -0.413. The van der Waals surface area contributed by atoms with Crippen LogP contribution in [0.4, 0.5) is 23.1 Å². The number of halogens is 1. The summed E-state index contributed by atoms with van der Waals surface area (Å²) in [4.78, 5) is 14.1. The van der Waals surface area contributed by atoms with Gasteiger partial charge >= 0.3 is 0 Å². The first kappa shape index (κ1) is 28.5. The molecule has 0 atom stereocenters. The fourth-order valence-corrected chi connectivity index (χ4v) is 7.16. The van der Waals surface area contributed by atoms with Crippen molar-refractivity contribution in [1.29, 1.82) is 0 Å². The monoisotopic (exact) mass is 644 g/mol. The van der Waals surface area contributed by atoms with E-state index in [9.17, 15) is 0 Å². The van der Waals surface area contributed by atoms with Crippen LogP contribution in [0.5, 0.6) is 5.75 Å². The number of fused-ring (bicyclic) bond motifs is 1. The number of hydrogen-bond donors (Lipinski definition) is 3. The molecule has 42 heavy (non-hydrogen) atoms. The van der Waals surface area contributed by atoms with E-state index in [0.717, 1.165) is 69.6 Å². The number of para-hydroxylation sites is 1. The second-order valence-corrected chi connectivity index (χ2v) is 13.7. The third-order valence-electron chi connectivity index (χ3n) is 7.60. The predicted molar refractivity (Wildman–Crippen MR) is 176 cm³/mol. The van der Waals surface area contributed by atoms with Gasteiger partial charge in [-0.3, -0.25) is 9.67 Å². The first-order valence-electron chi connectivity index (χ1n) is 13.9. The molecule has 3 aromatic heterocycles. The van der Waals surface area contributed by atoms with Crippen LogP contribution < -0.4 is 26.0 Å². The lowest BCUT2D eigenvalue weighted by molar-refractivity contribution is 0.413. The molecular weight excluding hydrogens is 611 g/mol. The molecular formula is C31H34BrN8OP. The Balaban J connectivity index is 1.37. The van der Waals surface area contributed by atoms with Gasteiger partial charge in [0, 0.05) is 35.7 Å². The molecule has 4 heterocycles. The van der Waals surface area contributed by atoms with E-state index in [2.05, 4.69) is 85.8 Å². The van der Waals surface area contributed by atoms with Gasteiger partial charge in [0.25, 0.3) is 0 Å². The largest absolute Gasteiger partial charge is 0.495 e. The first-order chi connectivity index (χ1) is 20.4. The average molecular weight is 646 g/mol. The van der Waals surface area contributed by atoms with Crippen LogP contribution in [0.25, 0.3) is 22.0 Å². The van der Waals surface area contributed by atoms with E-state index in [1.165, 1.54) is 10.9 Å². The van der Waals surface area contributed by atoms with Gasteiger partial charge in [-0.2, -0.15) is 10.1 Å². The van der Waals surface area contributed by atoms with Gasteiger partial charge in [-0.1, -0.05) is 26.1 Å². The SMILES string of the molecule is COc1cc(C2CCNCC2)c(-c2cnn(C)c2)cc1Nc1ncc(Br)c(Nc2cnc3ccccc3c2P(C)C)n1. The Morgan fingerprint density at radius 1 is 1.02 bits per heavy atom. The van der Waals surface area contributed by atoms with Crippen molar-refractivity contribution in [3.63, 3.8) is 0 Å². The second kappa shape index (κ2) is 12.3. The summed E-state index contributed by atoms with van der Waals surface area (Å²) in [6, 6.07) is 12.6. The molecule has 2 aromatic carbocycles. The van der Waals surface area contributed by atoms with Crippen LogP contribution in [0.2, 0.25) is 0 Å². The van der Waals surface area contributed by atoms with Gasteiger partial charge in [0.1, 0.15) is 11.6 Å². The molecule has 0 saturated carbocycles. The van der Waals surface area contributed by atoms with Crippen LogP contribution in [0.15, 0.2) is 65.7 Å². The fraction of sp³-hybridized carbons (Fsp3) is 0.290. The maximum atomic E-state index is 5.89. The van der Waals surface area contributed by atoms with E-state index in [-0.39, 0.29) is 0 Å². The zero-order valence-corrected chi connectivity index (χ0v) is 26.6. The number of anilines is 4. The van der Waals surface area contributed by atoms with Crippen molar-refractivity contribution in [3.05, 3.63) is 71.2 Å². The number of ether oxygens (including phenoxy) is 1. The van der Waals surface area contributed by atoms with Crippen LogP contribution in [-0.2, 0) is 7.05 Å². The molecule has 0 spiro atoms. The molecule has 6 rings (SSSR count). The Labute approximate surface area is 255 Å². The van der Waals surface area contributed by atoms with E-state index in [0.29, 0.717) is 17.7 Å². The number of rotatable bonds is 8. The van der Waals surface area contributed by atoms with E-state index in [1.807, 2.05) is 36.3 Å². The average Bonchev–Trinajstić information content (AvgIpc) is 3.44. The van der Waals surface area contributed by atoms with Crippen LogP contribution in [0.1, 0.15) is 24.3 Å². The van der Waals surface area contributed by atoms with E-state index in [4.69, 9.17) is 14.7 Å². The smallest absolute Gasteiger partial charge is 0.229 e. The van der Waals surface area contributed by atoms with Crippen LogP contribution in [0.3, 0.4) is 0 Å². The summed E-state index contributed by atoms with van der Waals surface area (Å²) in [7, 11) is 3.23. The van der Waals surface area contributed by atoms with Crippen molar-refractivity contribution in [2.24, 2.45) is 7.05 Å². The van der Waals surface area contributed by atoms with Crippen molar-refractivity contribution in [2.75, 3.05) is 44.2 Å². The molecule has 1 aliphatic heterocycles. The van der Waals surface area contributed by atoms with Crippen molar-refractivity contribution >= 4 is 63.2 Å². The van der Waals surface area contributed by atoms with Gasteiger partial charge in [0.05, 0.1) is 40.9 Å². The summed E-state index contributed by atoms with van der Waals surface area (Å²) in [6.45, 7) is 6.52. The predicted octanol–water partition coefficient (Wildman–Crippen LogP) is 6.52. The van der Waals surface area contributed by atoms with Crippen LogP contribution in [0, 0.1) is 0 Å². The number of nitrogens with zero attached hydrogens (tertiary/aromatic N) is 5. The van der Waals surface area contributed by atoms with E-state index < -0.39 is 7.92 Å². The summed E-state index contributed by atoms with van der Waals surface area (Å²) in [5.41, 5.74) is 6.21. The van der Waals surface area contributed by atoms with Gasteiger partial charge in [-0.05, 0) is 90.4 Å². The number of aromatic nitrogens is 5. The Bertz CT molecular complexity index is 1730. The van der Waals surface area contributed by atoms with Gasteiger partial charge < -0.3 is 20.7 Å². The zero-order chi connectivity index (χ0) is 29.2. The van der Waals surface area contributed by atoms with Gasteiger partial charge in [-0.15, -0.1) is 0 Å².